The molecule has 8 aromatic carbocycles. The van der Waals surface area contributed by atoms with Crippen LogP contribution in [0.15, 0.2) is 158 Å². The van der Waals surface area contributed by atoms with Gasteiger partial charge in [0.1, 0.15) is 28.7 Å². The van der Waals surface area contributed by atoms with Crippen LogP contribution in [-0.2, 0) is 58.0 Å². The normalized spacial score (nSPS) is 13.0. The third kappa shape index (κ3) is 23.3. The molecule has 0 spiro atoms. The highest BCUT2D eigenvalue weighted by atomic mass is 16.5. The molecule has 87 heavy (non-hydrogen) atoms. The molecule has 0 aromatic heterocycles. The van der Waals surface area contributed by atoms with Gasteiger partial charge < -0.3 is 50.3 Å². The number of rotatable bonds is 23. The molecule has 10 heteroatoms. The molecule has 0 aliphatic rings. The van der Waals surface area contributed by atoms with E-state index in [1.54, 1.807) is 56.7 Å². The van der Waals surface area contributed by atoms with Crippen LogP contribution in [-0.4, -0.2) is 55.1 Å². The standard InChI is InChI=1S/C21H28O3.C20H26O3.C19H24O.C17H20O3/c1-14(9-17-6-8-21(24-4)16(3)11-17)15(2)10-18-5-7-19(13-22)20(23)12-18;1-13(9-16-6-8-20(23-4)15(3)11-16)14(2)10-17-5-7-18(21)19(22)12-17;1-14-6-4-7-17(10-14)11-15(2)16(3)12-18-8-5-9-19(20)13-18;1-12-10-13(6-8-15(12)18)4-2-3-5-14-7-9-16(19)17(20)11-14/h5-8,11-12,14-15,22-23H,9-10,13H2,1-4H3;5-8,11-14,21-22H,9-10H2,1-4H3;4-10,13,15-16,20H,11-12H2,1-3H3;6-11,18-20H,2-5H2,1H3. The summed E-state index contributed by atoms with van der Waals surface area (Å²) in [5.41, 5.74) is 14.8. The maximum absolute atomic E-state index is 9.89. The molecule has 8 aromatic rings. The highest BCUT2D eigenvalue weighted by Crippen LogP contribution is 2.32. The highest BCUT2D eigenvalue weighted by Gasteiger charge is 2.18. The summed E-state index contributed by atoms with van der Waals surface area (Å²) in [6.45, 7) is 21.7. The Morgan fingerprint density at radius 2 is 0.667 bits per heavy atom. The van der Waals surface area contributed by atoms with Crippen LogP contribution in [0, 0.1) is 63.2 Å². The van der Waals surface area contributed by atoms with Crippen LogP contribution in [0.25, 0.3) is 0 Å². The Morgan fingerprint density at radius 3 is 1.06 bits per heavy atom. The highest BCUT2D eigenvalue weighted by molar-refractivity contribution is 5.43. The van der Waals surface area contributed by atoms with E-state index in [0.717, 1.165) is 104 Å². The van der Waals surface area contributed by atoms with Gasteiger partial charge >= 0.3 is 0 Å². The van der Waals surface area contributed by atoms with Crippen molar-refractivity contribution >= 4 is 0 Å². The molecular formula is C77H98O10. The first-order valence-corrected chi connectivity index (χ1v) is 30.8. The minimum Gasteiger partial charge on any atom is -0.508 e. The van der Waals surface area contributed by atoms with Gasteiger partial charge in [-0.05, 0) is 249 Å². The number of benzene rings is 8. The summed E-state index contributed by atoms with van der Waals surface area (Å²) in [7, 11) is 3.39. The number of aryl methyl sites for hydroxylation is 6. The second kappa shape index (κ2) is 34.9. The van der Waals surface area contributed by atoms with Gasteiger partial charge in [-0.25, -0.2) is 0 Å². The molecule has 0 aliphatic heterocycles. The van der Waals surface area contributed by atoms with E-state index in [2.05, 4.69) is 117 Å². The van der Waals surface area contributed by atoms with Gasteiger partial charge in [0, 0.05) is 5.56 Å². The SMILES string of the molecule is COc1ccc(CC(C)C(C)Cc2ccc(CO)c(O)c2)cc1C.COc1ccc(CC(C)C(C)Cc2ccc(O)c(O)c2)cc1C.Cc1cc(CCCCc2ccc(O)c(O)c2)ccc1O.Cc1cccc(CC(C)C(C)Cc2cccc(O)c2)c1. The number of phenolic OH excluding ortho intramolecular Hbond substituents is 6. The van der Waals surface area contributed by atoms with Crippen molar-refractivity contribution in [1.29, 1.82) is 0 Å². The van der Waals surface area contributed by atoms with E-state index >= 15 is 0 Å². The second-order valence-corrected chi connectivity index (χ2v) is 24.5. The van der Waals surface area contributed by atoms with E-state index < -0.39 is 0 Å². The molecule has 0 bridgehead atoms. The van der Waals surface area contributed by atoms with Gasteiger partial charge in [-0.15, -0.1) is 0 Å². The quantitative estimate of drug-likeness (QED) is 0.0227. The van der Waals surface area contributed by atoms with Crippen molar-refractivity contribution in [2.45, 2.75) is 140 Å². The molecule has 466 valence electrons. The van der Waals surface area contributed by atoms with Crippen LogP contribution in [0.3, 0.4) is 0 Å². The first-order chi connectivity index (χ1) is 41.4. The lowest BCUT2D eigenvalue weighted by atomic mass is 9.85. The van der Waals surface area contributed by atoms with Crippen molar-refractivity contribution in [2.75, 3.05) is 14.2 Å². The number of ether oxygens (including phenoxy) is 2. The average molecular weight is 1180 g/mol. The lowest BCUT2D eigenvalue weighted by Crippen LogP contribution is -2.14. The fourth-order valence-electron chi connectivity index (χ4n) is 10.9. The topological polar surface area (TPSA) is 180 Å². The predicted molar refractivity (Wildman–Crippen MR) is 355 cm³/mol. The second-order valence-electron chi connectivity index (χ2n) is 24.5. The minimum absolute atomic E-state index is 0.0480. The summed E-state index contributed by atoms with van der Waals surface area (Å²) in [6, 6.07) is 50.4. The molecule has 0 fully saturated rings. The first kappa shape index (κ1) is 69.7. The Morgan fingerprint density at radius 1 is 0.322 bits per heavy atom. The summed E-state index contributed by atoms with van der Waals surface area (Å²) >= 11 is 0. The average Bonchev–Trinajstić information content (AvgIpc) is 3.46. The number of hydrogen-bond donors (Lipinski definition) is 8. The van der Waals surface area contributed by atoms with Gasteiger partial charge in [-0.2, -0.15) is 0 Å². The fourth-order valence-corrected chi connectivity index (χ4v) is 10.9. The number of methoxy groups -OCH3 is 2. The monoisotopic (exact) mass is 1180 g/mol. The van der Waals surface area contributed by atoms with E-state index in [1.165, 1.54) is 45.0 Å². The molecule has 0 aliphatic carbocycles. The van der Waals surface area contributed by atoms with Crippen molar-refractivity contribution in [3.05, 3.63) is 230 Å². The van der Waals surface area contributed by atoms with Gasteiger partial charge in [-0.1, -0.05) is 144 Å². The molecule has 0 heterocycles. The third-order valence-corrected chi connectivity index (χ3v) is 17.0. The first-order valence-electron chi connectivity index (χ1n) is 30.8. The molecule has 0 saturated carbocycles. The lowest BCUT2D eigenvalue weighted by molar-refractivity contribution is 0.275. The van der Waals surface area contributed by atoms with Crippen molar-refractivity contribution in [2.24, 2.45) is 35.5 Å². The van der Waals surface area contributed by atoms with Gasteiger partial charge in [0.25, 0.3) is 0 Å². The largest absolute Gasteiger partial charge is 0.508 e. The van der Waals surface area contributed by atoms with Crippen LogP contribution < -0.4 is 9.47 Å². The third-order valence-electron chi connectivity index (χ3n) is 17.0. The van der Waals surface area contributed by atoms with Crippen LogP contribution in [0.2, 0.25) is 0 Å². The molecule has 8 N–H and O–H groups in total. The molecule has 0 amide bonds. The zero-order valence-corrected chi connectivity index (χ0v) is 53.6. The fraction of sp³-hybridized carbons (Fsp3) is 0.377. The molecule has 6 unspecified atom stereocenters. The number of aromatic hydroxyl groups is 7. The molecular weight excluding hydrogens is 1080 g/mol. The van der Waals surface area contributed by atoms with Crippen LogP contribution in [0.1, 0.15) is 127 Å². The summed E-state index contributed by atoms with van der Waals surface area (Å²) in [4.78, 5) is 0. The van der Waals surface area contributed by atoms with Crippen LogP contribution >= 0.6 is 0 Å². The van der Waals surface area contributed by atoms with Crippen molar-refractivity contribution in [3.63, 3.8) is 0 Å². The van der Waals surface area contributed by atoms with E-state index in [1.807, 2.05) is 61.5 Å². The van der Waals surface area contributed by atoms with E-state index in [-0.39, 0.29) is 35.4 Å². The predicted octanol–water partition coefficient (Wildman–Crippen LogP) is 17.2. The van der Waals surface area contributed by atoms with Crippen molar-refractivity contribution < 1.29 is 50.3 Å². The minimum atomic E-state index is -0.130. The number of aliphatic hydroxyl groups is 1. The van der Waals surface area contributed by atoms with Crippen LogP contribution in [0.4, 0.5) is 0 Å². The maximum Gasteiger partial charge on any atom is 0.157 e. The smallest absolute Gasteiger partial charge is 0.157 e. The zero-order chi connectivity index (χ0) is 63.7. The Kier molecular flexibility index (Phi) is 28.0. The number of phenols is 7. The number of hydrogen-bond acceptors (Lipinski definition) is 10. The lowest BCUT2D eigenvalue weighted by Gasteiger charge is -2.21. The van der Waals surface area contributed by atoms with E-state index in [9.17, 15) is 35.7 Å². The molecule has 6 atom stereocenters. The van der Waals surface area contributed by atoms with Crippen LogP contribution in [0.5, 0.6) is 51.7 Å². The Balaban J connectivity index is 0.000000212. The summed E-state index contributed by atoms with van der Waals surface area (Å²) in [5.74, 6) is 5.71. The zero-order valence-electron chi connectivity index (χ0n) is 53.6. The van der Waals surface area contributed by atoms with Gasteiger partial charge in [0.05, 0.1) is 20.8 Å². The summed E-state index contributed by atoms with van der Waals surface area (Å²) in [6.07, 6.45) is 9.87. The Labute approximate surface area is 519 Å². The summed E-state index contributed by atoms with van der Waals surface area (Å²) < 4.78 is 10.6. The number of unbranched alkanes of at least 4 members (excludes halogenated alkanes) is 1. The molecule has 0 radical (unpaired) electrons. The Bertz CT molecular complexity index is 3220. The van der Waals surface area contributed by atoms with Crippen molar-refractivity contribution in [3.8, 4) is 51.7 Å². The van der Waals surface area contributed by atoms with Gasteiger partial charge in [0.2, 0.25) is 0 Å². The molecule has 8 rings (SSSR count). The molecule has 10 nitrogen and oxygen atoms in total. The molecule has 0 saturated heterocycles. The van der Waals surface area contributed by atoms with E-state index in [0.29, 0.717) is 52.6 Å². The van der Waals surface area contributed by atoms with Gasteiger partial charge in [-0.3, -0.25) is 0 Å². The number of aliphatic hydroxyl groups excluding tert-OH is 1. The summed E-state index contributed by atoms with van der Waals surface area (Å²) in [5, 5.41) is 75.7. The van der Waals surface area contributed by atoms with Crippen molar-refractivity contribution in [1.82, 2.24) is 0 Å². The van der Waals surface area contributed by atoms with Gasteiger partial charge in [0.15, 0.2) is 23.0 Å². The van der Waals surface area contributed by atoms with E-state index in [4.69, 9.17) is 14.6 Å². The maximum atomic E-state index is 9.89. The Hall–Kier alpha value is -8.08.